The number of hydrogen-bond donors (Lipinski definition) is 0. The van der Waals surface area contributed by atoms with Crippen molar-refractivity contribution in [3.63, 3.8) is 0 Å². The van der Waals surface area contributed by atoms with Crippen LogP contribution < -0.4 is 0 Å². The van der Waals surface area contributed by atoms with Crippen molar-refractivity contribution in [1.29, 1.82) is 5.26 Å². The second-order valence-corrected chi connectivity index (χ2v) is 9.94. The molecule has 0 saturated carbocycles. The van der Waals surface area contributed by atoms with E-state index in [2.05, 4.69) is 60.7 Å². The number of halogens is 4. The summed E-state index contributed by atoms with van der Waals surface area (Å²) in [5.74, 6) is 2.34. The first-order chi connectivity index (χ1) is 12.0. The van der Waals surface area contributed by atoms with E-state index >= 15 is 0 Å². The number of benzene rings is 2. The molecule has 2 aromatic rings. The van der Waals surface area contributed by atoms with E-state index in [4.69, 9.17) is 13.0 Å². The molecule has 0 aliphatic heterocycles. The summed E-state index contributed by atoms with van der Waals surface area (Å²) in [6.07, 6.45) is 0. The van der Waals surface area contributed by atoms with Crippen LogP contribution in [-0.2, 0) is 21.0 Å². The van der Waals surface area contributed by atoms with Gasteiger partial charge in [0.1, 0.15) is 11.5 Å². The molecule has 0 bridgehead atoms. The largest absolute Gasteiger partial charge is 0.741 e. The van der Waals surface area contributed by atoms with E-state index in [1.165, 1.54) is 25.4 Å². The summed E-state index contributed by atoms with van der Waals surface area (Å²) in [5.41, 5.74) is -4.86. The highest BCUT2D eigenvalue weighted by molar-refractivity contribution is 14.1. The van der Waals surface area contributed by atoms with Crippen LogP contribution >= 0.6 is 22.6 Å². The summed E-state index contributed by atoms with van der Waals surface area (Å²) < 4.78 is 60.1. The second kappa shape index (κ2) is 9.25. The van der Waals surface area contributed by atoms with Crippen molar-refractivity contribution < 1.29 is 26.1 Å². The summed E-state index contributed by atoms with van der Waals surface area (Å²) in [5, 5.41) is 11.6. The first kappa shape index (κ1) is 23.0. The third-order valence-corrected chi connectivity index (χ3v) is 7.53. The standard InChI is InChI=1S/C15H15INS.CHF3O3S/c1-3-18(4-2)15-13-8-6-5-7-12(13)11(10-17)9-14(15)16;2-1(3,4)8(5,6)7/h5-9H,3-4H2,1-2H3;(H,5,6,7)/q+1;/p-1. The van der Waals surface area contributed by atoms with Gasteiger partial charge < -0.3 is 4.55 Å². The highest BCUT2D eigenvalue weighted by atomic mass is 127. The van der Waals surface area contributed by atoms with Crippen LogP contribution in [0.15, 0.2) is 35.2 Å². The summed E-state index contributed by atoms with van der Waals surface area (Å²) >= 11 is 2.38. The monoisotopic (exact) mass is 517 g/mol. The van der Waals surface area contributed by atoms with Gasteiger partial charge >= 0.3 is 5.51 Å². The molecule has 0 spiro atoms. The van der Waals surface area contributed by atoms with Crippen LogP contribution in [0.3, 0.4) is 0 Å². The number of nitriles is 1. The van der Waals surface area contributed by atoms with Gasteiger partial charge in [0.25, 0.3) is 0 Å². The van der Waals surface area contributed by atoms with Crippen LogP contribution in [0.1, 0.15) is 19.4 Å². The van der Waals surface area contributed by atoms with E-state index in [1.54, 1.807) is 0 Å². The topological polar surface area (TPSA) is 81.0 Å². The van der Waals surface area contributed by atoms with Gasteiger partial charge in [0.2, 0.25) is 0 Å². The highest BCUT2D eigenvalue weighted by Crippen LogP contribution is 2.32. The first-order valence-electron chi connectivity index (χ1n) is 7.28. The van der Waals surface area contributed by atoms with Gasteiger partial charge in [-0.05, 0) is 48.6 Å². The summed E-state index contributed by atoms with van der Waals surface area (Å²) in [7, 11) is -5.81. The lowest BCUT2D eigenvalue weighted by molar-refractivity contribution is -0.0517. The van der Waals surface area contributed by atoms with Crippen LogP contribution in [0, 0.1) is 14.9 Å². The molecule has 2 aromatic carbocycles. The van der Waals surface area contributed by atoms with Crippen molar-refractivity contribution in [3.8, 4) is 6.07 Å². The molecule has 0 amide bonds. The fraction of sp³-hybridized carbons (Fsp3) is 0.312. The third kappa shape index (κ3) is 5.48. The Labute approximate surface area is 166 Å². The average Bonchev–Trinajstić information content (AvgIpc) is 2.56. The van der Waals surface area contributed by atoms with Crippen LogP contribution in [0.4, 0.5) is 13.2 Å². The number of hydrogen-bond acceptors (Lipinski definition) is 4. The highest BCUT2D eigenvalue weighted by Gasteiger charge is 2.36. The molecule has 0 radical (unpaired) electrons. The van der Waals surface area contributed by atoms with Gasteiger partial charge in [-0.1, -0.05) is 18.2 Å². The zero-order valence-electron chi connectivity index (χ0n) is 13.8. The van der Waals surface area contributed by atoms with Crippen molar-refractivity contribution >= 4 is 54.4 Å². The van der Waals surface area contributed by atoms with Crippen molar-refractivity contribution in [3.05, 3.63) is 39.5 Å². The Kier molecular flexibility index (Phi) is 8.19. The van der Waals surface area contributed by atoms with Gasteiger partial charge in [-0.3, -0.25) is 0 Å². The lowest BCUT2D eigenvalue weighted by Crippen LogP contribution is -2.21. The Balaban J connectivity index is 0.000000359. The van der Waals surface area contributed by atoms with Gasteiger partial charge in [-0.15, -0.1) is 0 Å². The molecule has 0 aliphatic rings. The lowest BCUT2D eigenvalue weighted by atomic mass is 10.1. The summed E-state index contributed by atoms with van der Waals surface area (Å²) in [6.45, 7) is 4.49. The van der Waals surface area contributed by atoms with Crippen molar-refractivity contribution in [2.24, 2.45) is 0 Å². The van der Waals surface area contributed by atoms with Crippen LogP contribution in [0.5, 0.6) is 0 Å². The zero-order valence-corrected chi connectivity index (χ0v) is 17.6. The van der Waals surface area contributed by atoms with E-state index in [1.807, 2.05) is 12.1 Å². The molecule has 0 aliphatic carbocycles. The normalized spacial score (nSPS) is 11.8. The molecule has 0 saturated heterocycles. The quantitative estimate of drug-likeness (QED) is 0.262. The van der Waals surface area contributed by atoms with Crippen LogP contribution in [0.25, 0.3) is 10.8 Å². The molecule has 10 heteroatoms. The van der Waals surface area contributed by atoms with Gasteiger partial charge in [0, 0.05) is 21.7 Å². The van der Waals surface area contributed by atoms with Crippen LogP contribution in [-0.4, -0.2) is 30.0 Å². The minimum atomic E-state index is -6.09. The molecule has 0 N–H and O–H groups in total. The molecule has 142 valence electrons. The maximum atomic E-state index is 10.7. The van der Waals surface area contributed by atoms with E-state index in [-0.39, 0.29) is 10.9 Å². The van der Waals surface area contributed by atoms with Crippen molar-refractivity contribution in [1.82, 2.24) is 0 Å². The SMILES string of the molecule is CC[S+](CC)c1c(I)cc(C#N)c2ccccc12.O=S(=O)([O-])C(F)(F)F. The molecule has 4 nitrogen and oxygen atoms in total. The third-order valence-electron chi connectivity index (χ3n) is 3.34. The van der Waals surface area contributed by atoms with Gasteiger partial charge in [0.05, 0.1) is 15.2 Å². The molecular formula is C16H15F3INO3S2. The minimum absolute atomic E-state index is 0.285. The number of alkyl halides is 3. The number of rotatable bonds is 3. The van der Waals surface area contributed by atoms with E-state index in [9.17, 15) is 18.4 Å². The molecule has 0 heterocycles. The maximum Gasteiger partial charge on any atom is 0.485 e. The van der Waals surface area contributed by atoms with Gasteiger partial charge in [0.15, 0.2) is 15.0 Å². The maximum absolute atomic E-state index is 10.7. The lowest BCUT2D eigenvalue weighted by Gasteiger charge is -2.10. The summed E-state index contributed by atoms with van der Waals surface area (Å²) in [6, 6.07) is 12.6. The predicted molar refractivity (Wildman–Crippen MR) is 104 cm³/mol. The van der Waals surface area contributed by atoms with Crippen molar-refractivity contribution in [2.75, 3.05) is 11.5 Å². The van der Waals surface area contributed by atoms with Crippen LogP contribution in [0.2, 0.25) is 0 Å². The molecule has 0 atom stereocenters. The molecule has 0 aromatic heterocycles. The Morgan fingerprint density at radius 2 is 1.65 bits per heavy atom. The Morgan fingerprint density at radius 3 is 2.04 bits per heavy atom. The fourth-order valence-corrected chi connectivity index (χ4v) is 5.54. The number of nitrogens with zero attached hydrogens (tertiary/aromatic N) is 1. The molecule has 0 fully saturated rings. The predicted octanol–water partition coefficient (Wildman–Crippen LogP) is 4.38. The molecule has 26 heavy (non-hydrogen) atoms. The Bertz CT molecular complexity index is 921. The molecule has 2 rings (SSSR count). The average molecular weight is 517 g/mol. The minimum Gasteiger partial charge on any atom is -0.741 e. The first-order valence-corrected chi connectivity index (χ1v) is 11.3. The smallest absolute Gasteiger partial charge is 0.485 e. The Morgan fingerprint density at radius 1 is 1.19 bits per heavy atom. The molecular weight excluding hydrogens is 502 g/mol. The van der Waals surface area contributed by atoms with Crippen molar-refractivity contribution in [2.45, 2.75) is 24.3 Å². The number of fused-ring (bicyclic) bond motifs is 1. The van der Waals surface area contributed by atoms with Gasteiger partial charge in [-0.2, -0.15) is 18.4 Å². The fourth-order valence-electron chi connectivity index (χ4n) is 2.19. The van der Waals surface area contributed by atoms with Gasteiger partial charge in [-0.25, -0.2) is 8.42 Å². The Hall–Kier alpha value is -1.03. The van der Waals surface area contributed by atoms with E-state index < -0.39 is 15.6 Å². The second-order valence-electron chi connectivity index (χ2n) is 4.86. The summed E-state index contributed by atoms with van der Waals surface area (Å²) in [4.78, 5) is 1.44. The van der Waals surface area contributed by atoms with E-state index in [0.717, 1.165) is 10.9 Å². The zero-order chi connectivity index (χ0) is 20.1. The van der Waals surface area contributed by atoms with E-state index in [0.29, 0.717) is 0 Å². The molecule has 0 unspecified atom stereocenters.